The fraction of sp³-hybridized carbons (Fsp3) is 0.200. The maximum absolute atomic E-state index is 5.14. The molecule has 58 valence electrons. The second-order valence-electron chi connectivity index (χ2n) is 2.24. The molecule has 0 spiro atoms. The quantitative estimate of drug-likeness (QED) is 0.600. The minimum atomic E-state index is 0.872. The molecule has 1 aromatic rings. The van der Waals surface area contributed by atoms with E-state index in [2.05, 4.69) is 6.08 Å². The van der Waals surface area contributed by atoms with Crippen LogP contribution in [-0.4, -0.2) is 0 Å². The molecule has 1 nitrogen and oxygen atoms in total. The minimum Gasteiger partial charge on any atom is -0.469 e. The van der Waals surface area contributed by atoms with E-state index in [1.807, 2.05) is 37.3 Å². The Hall–Kier alpha value is -1.24. The highest BCUT2D eigenvalue weighted by atomic mass is 16.3. The topological polar surface area (TPSA) is 13.1 Å². The molecule has 0 N–H and O–H groups in total. The Morgan fingerprint density at radius 3 is 3.00 bits per heavy atom. The van der Waals surface area contributed by atoms with Crippen LogP contribution < -0.4 is 0 Å². The van der Waals surface area contributed by atoms with Gasteiger partial charge in [0.2, 0.25) is 0 Å². The van der Waals surface area contributed by atoms with Crippen LogP contribution >= 0.6 is 0 Å². The summed E-state index contributed by atoms with van der Waals surface area (Å²) in [6, 6.07) is 3.87. The van der Waals surface area contributed by atoms with Gasteiger partial charge in [0.1, 0.15) is 5.76 Å². The predicted molar refractivity (Wildman–Crippen MR) is 46.4 cm³/mol. The van der Waals surface area contributed by atoms with E-state index in [-0.39, 0.29) is 0 Å². The van der Waals surface area contributed by atoms with Crippen LogP contribution in [0.2, 0.25) is 0 Å². The van der Waals surface area contributed by atoms with Crippen LogP contribution in [0.25, 0.3) is 0 Å². The number of furan rings is 1. The molecule has 1 heterocycles. The summed E-state index contributed by atoms with van der Waals surface area (Å²) in [5, 5.41) is 0. The Kier molecular flexibility index (Phi) is 3.26. The molecule has 0 amide bonds. The van der Waals surface area contributed by atoms with Gasteiger partial charge in [0.25, 0.3) is 0 Å². The van der Waals surface area contributed by atoms with Crippen LogP contribution in [0.1, 0.15) is 12.7 Å². The minimum absolute atomic E-state index is 0.872. The number of allylic oxidation sites excluding steroid dienone is 4. The maximum Gasteiger partial charge on any atom is 0.107 e. The Bertz CT molecular complexity index is 229. The monoisotopic (exact) mass is 148 g/mol. The SMILES string of the molecule is C/C=C/C=C/Cc1ccco1. The molecular weight excluding hydrogens is 136 g/mol. The molecule has 0 saturated heterocycles. The first kappa shape index (κ1) is 7.86. The van der Waals surface area contributed by atoms with Crippen molar-refractivity contribution in [3.63, 3.8) is 0 Å². The molecule has 0 atom stereocenters. The zero-order valence-corrected chi connectivity index (χ0v) is 6.66. The standard InChI is InChI=1S/C10H12O/c1-2-3-4-5-7-10-8-6-9-11-10/h2-6,8-9H,7H2,1H3/b3-2+,5-4+. The van der Waals surface area contributed by atoms with E-state index in [9.17, 15) is 0 Å². The van der Waals surface area contributed by atoms with Crippen molar-refractivity contribution in [1.82, 2.24) is 0 Å². The Balaban J connectivity index is 2.34. The molecule has 0 radical (unpaired) electrons. The summed E-state index contributed by atoms with van der Waals surface area (Å²) in [6.07, 6.45) is 10.7. The summed E-state index contributed by atoms with van der Waals surface area (Å²) in [7, 11) is 0. The predicted octanol–water partition coefficient (Wildman–Crippen LogP) is 2.95. The molecule has 0 bridgehead atoms. The van der Waals surface area contributed by atoms with Crippen LogP contribution in [0.4, 0.5) is 0 Å². The number of hydrogen-bond acceptors (Lipinski definition) is 1. The number of hydrogen-bond donors (Lipinski definition) is 0. The molecule has 0 aromatic carbocycles. The van der Waals surface area contributed by atoms with Gasteiger partial charge in [-0.25, -0.2) is 0 Å². The molecule has 0 saturated carbocycles. The molecule has 0 aliphatic rings. The molecule has 0 aliphatic carbocycles. The highest BCUT2D eigenvalue weighted by Crippen LogP contribution is 2.00. The summed E-state index contributed by atoms with van der Waals surface area (Å²) < 4.78 is 5.14. The van der Waals surface area contributed by atoms with Gasteiger partial charge in [0, 0.05) is 6.42 Å². The lowest BCUT2D eigenvalue weighted by Gasteiger charge is -1.84. The highest BCUT2D eigenvalue weighted by molar-refractivity contribution is 5.08. The van der Waals surface area contributed by atoms with Gasteiger partial charge in [-0.2, -0.15) is 0 Å². The van der Waals surface area contributed by atoms with E-state index in [1.54, 1.807) is 6.26 Å². The second-order valence-corrected chi connectivity index (χ2v) is 2.24. The van der Waals surface area contributed by atoms with E-state index in [4.69, 9.17) is 4.42 Å². The normalized spacial score (nSPS) is 11.7. The van der Waals surface area contributed by atoms with Crippen LogP contribution in [0.15, 0.2) is 47.1 Å². The molecule has 1 aromatic heterocycles. The van der Waals surface area contributed by atoms with Gasteiger partial charge >= 0.3 is 0 Å². The summed E-state index contributed by atoms with van der Waals surface area (Å²) in [5.74, 6) is 1.01. The summed E-state index contributed by atoms with van der Waals surface area (Å²) >= 11 is 0. The molecule has 1 rings (SSSR count). The fourth-order valence-corrected chi connectivity index (χ4v) is 0.803. The van der Waals surface area contributed by atoms with Crippen molar-refractivity contribution in [3.8, 4) is 0 Å². The van der Waals surface area contributed by atoms with E-state index in [0.717, 1.165) is 12.2 Å². The fourth-order valence-electron chi connectivity index (χ4n) is 0.803. The molecule has 0 unspecified atom stereocenters. The van der Waals surface area contributed by atoms with Crippen LogP contribution in [0, 0.1) is 0 Å². The van der Waals surface area contributed by atoms with Gasteiger partial charge < -0.3 is 4.42 Å². The third-order valence-electron chi connectivity index (χ3n) is 1.34. The Morgan fingerprint density at radius 1 is 1.45 bits per heavy atom. The van der Waals surface area contributed by atoms with Crippen LogP contribution in [0.3, 0.4) is 0 Å². The Morgan fingerprint density at radius 2 is 2.36 bits per heavy atom. The average molecular weight is 148 g/mol. The maximum atomic E-state index is 5.14. The largest absolute Gasteiger partial charge is 0.469 e. The second kappa shape index (κ2) is 4.56. The summed E-state index contributed by atoms with van der Waals surface area (Å²) in [4.78, 5) is 0. The molecule has 1 heteroatoms. The Labute approximate surface area is 67.0 Å². The van der Waals surface area contributed by atoms with E-state index in [1.165, 1.54) is 0 Å². The first-order valence-electron chi connectivity index (χ1n) is 3.73. The van der Waals surface area contributed by atoms with Gasteiger partial charge in [-0.3, -0.25) is 0 Å². The van der Waals surface area contributed by atoms with Gasteiger partial charge in [-0.05, 0) is 19.1 Å². The first-order chi connectivity index (χ1) is 5.43. The van der Waals surface area contributed by atoms with Crippen molar-refractivity contribution in [3.05, 3.63) is 48.5 Å². The van der Waals surface area contributed by atoms with Gasteiger partial charge in [0.05, 0.1) is 6.26 Å². The van der Waals surface area contributed by atoms with E-state index >= 15 is 0 Å². The van der Waals surface area contributed by atoms with Gasteiger partial charge in [0.15, 0.2) is 0 Å². The third-order valence-corrected chi connectivity index (χ3v) is 1.34. The zero-order valence-electron chi connectivity index (χ0n) is 6.66. The molecule has 0 aliphatic heterocycles. The lowest BCUT2D eigenvalue weighted by molar-refractivity contribution is 0.523. The smallest absolute Gasteiger partial charge is 0.107 e. The van der Waals surface area contributed by atoms with Crippen molar-refractivity contribution < 1.29 is 4.42 Å². The highest BCUT2D eigenvalue weighted by Gasteiger charge is 1.87. The van der Waals surface area contributed by atoms with Crippen molar-refractivity contribution in [1.29, 1.82) is 0 Å². The van der Waals surface area contributed by atoms with Crippen LogP contribution in [-0.2, 0) is 6.42 Å². The average Bonchev–Trinajstić information content (AvgIpc) is 2.50. The van der Waals surface area contributed by atoms with Gasteiger partial charge in [-0.1, -0.05) is 24.3 Å². The van der Waals surface area contributed by atoms with Crippen molar-refractivity contribution in [2.24, 2.45) is 0 Å². The lowest BCUT2D eigenvalue weighted by atomic mass is 10.3. The van der Waals surface area contributed by atoms with E-state index in [0.29, 0.717) is 0 Å². The first-order valence-corrected chi connectivity index (χ1v) is 3.73. The van der Waals surface area contributed by atoms with Gasteiger partial charge in [-0.15, -0.1) is 0 Å². The molecule has 0 fully saturated rings. The molecular formula is C10H12O. The van der Waals surface area contributed by atoms with E-state index < -0.39 is 0 Å². The van der Waals surface area contributed by atoms with Crippen molar-refractivity contribution in [2.75, 3.05) is 0 Å². The molecule has 11 heavy (non-hydrogen) atoms. The third kappa shape index (κ3) is 2.89. The lowest BCUT2D eigenvalue weighted by Crippen LogP contribution is -1.71. The zero-order chi connectivity index (χ0) is 7.94. The summed E-state index contributed by atoms with van der Waals surface area (Å²) in [5.41, 5.74) is 0. The van der Waals surface area contributed by atoms with Crippen molar-refractivity contribution >= 4 is 0 Å². The number of rotatable bonds is 3. The van der Waals surface area contributed by atoms with Crippen molar-refractivity contribution in [2.45, 2.75) is 13.3 Å². The summed E-state index contributed by atoms with van der Waals surface area (Å²) in [6.45, 7) is 2.00. The van der Waals surface area contributed by atoms with Crippen LogP contribution in [0.5, 0.6) is 0 Å².